The number of aromatic nitrogens is 2. The SMILES string of the molecule is CCc1c(C)nc(-c2cc(Cl)cs2)nc1N. The minimum atomic E-state index is 0.564. The van der Waals surface area contributed by atoms with Gasteiger partial charge in [0.05, 0.1) is 9.90 Å². The van der Waals surface area contributed by atoms with Gasteiger partial charge in [0.2, 0.25) is 0 Å². The average molecular weight is 254 g/mol. The molecule has 0 saturated heterocycles. The Bertz CT molecular complexity index is 499. The third-order valence-corrected chi connectivity index (χ3v) is 3.66. The van der Waals surface area contributed by atoms with Crippen molar-refractivity contribution < 1.29 is 0 Å². The molecule has 16 heavy (non-hydrogen) atoms. The molecule has 84 valence electrons. The van der Waals surface area contributed by atoms with Crippen molar-refractivity contribution in [2.75, 3.05) is 5.73 Å². The van der Waals surface area contributed by atoms with Crippen LogP contribution in [0.5, 0.6) is 0 Å². The van der Waals surface area contributed by atoms with Crippen LogP contribution >= 0.6 is 22.9 Å². The van der Waals surface area contributed by atoms with E-state index >= 15 is 0 Å². The molecule has 0 aromatic carbocycles. The zero-order chi connectivity index (χ0) is 11.7. The minimum Gasteiger partial charge on any atom is -0.383 e. The quantitative estimate of drug-likeness (QED) is 0.893. The van der Waals surface area contributed by atoms with Crippen LogP contribution < -0.4 is 5.73 Å². The van der Waals surface area contributed by atoms with E-state index in [2.05, 4.69) is 9.97 Å². The highest BCUT2D eigenvalue weighted by Crippen LogP contribution is 2.28. The van der Waals surface area contributed by atoms with E-state index < -0.39 is 0 Å². The second-order valence-electron chi connectivity index (χ2n) is 3.48. The Morgan fingerprint density at radius 2 is 2.19 bits per heavy atom. The number of thiophene rings is 1. The lowest BCUT2D eigenvalue weighted by Gasteiger charge is -2.07. The van der Waals surface area contributed by atoms with Crippen LogP contribution in [0, 0.1) is 6.92 Å². The van der Waals surface area contributed by atoms with E-state index in [-0.39, 0.29) is 0 Å². The van der Waals surface area contributed by atoms with Gasteiger partial charge in [0.1, 0.15) is 5.82 Å². The first kappa shape index (κ1) is 11.4. The van der Waals surface area contributed by atoms with Crippen LogP contribution in [0.4, 0.5) is 5.82 Å². The second-order valence-corrected chi connectivity index (χ2v) is 4.83. The molecule has 0 amide bonds. The van der Waals surface area contributed by atoms with Gasteiger partial charge in [0, 0.05) is 16.6 Å². The fourth-order valence-corrected chi connectivity index (χ4v) is 2.60. The third kappa shape index (κ3) is 2.03. The molecule has 5 heteroatoms. The second kappa shape index (κ2) is 4.39. The number of nitrogens with two attached hydrogens (primary N) is 1. The highest BCUT2D eigenvalue weighted by atomic mass is 35.5. The molecule has 2 N–H and O–H groups in total. The third-order valence-electron chi connectivity index (χ3n) is 2.39. The maximum Gasteiger partial charge on any atom is 0.171 e. The Balaban J connectivity index is 2.52. The Kier molecular flexibility index (Phi) is 3.12. The predicted molar refractivity (Wildman–Crippen MR) is 68.9 cm³/mol. The monoisotopic (exact) mass is 253 g/mol. The molecular weight excluding hydrogens is 242 g/mol. The standard InChI is InChI=1S/C11H12ClN3S/c1-3-8-6(2)14-11(15-10(8)13)9-4-7(12)5-16-9/h4-5H,3H2,1-2H3,(H2,13,14,15). The summed E-state index contributed by atoms with van der Waals surface area (Å²) < 4.78 is 0. The topological polar surface area (TPSA) is 51.8 Å². The first-order valence-electron chi connectivity index (χ1n) is 4.99. The van der Waals surface area contributed by atoms with Crippen molar-refractivity contribution in [2.45, 2.75) is 20.3 Å². The van der Waals surface area contributed by atoms with E-state index in [1.165, 1.54) is 11.3 Å². The Labute approximate surface area is 103 Å². The number of hydrogen-bond acceptors (Lipinski definition) is 4. The predicted octanol–water partition coefficient (Wildman–Crippen LogP) is 3.31. The molecule has 0 unspecified atom stereocenters. The molecule has 0 spiro atoms. The first-order chi connectivity index (χ1) is 7.61. The van der Waals surface area contributed by atoms with Gasteiger partial charge in [0.15, 0.2) is 5.82 Å². The smallest absolute Gasteiger partial charge is 0.171 e. The molecule has 0 saturated carbocycles. The van der Waals surface area contributed by atoms with Gasteiger partial charge in [-0.25, -0.2) is 9.97 Å². The van der Waals surface area contributed by atoms with Gasteiger partial charge in [0.25, 0.3) is 0 Å². The molecular formula is C11H12ClN3S. The summed E-state index contributed by atoms with van der Waals surface area (Å²) in [6.45, 7) is 4.00. The summed E-state index contributed by atoms with van der Waals surface area (Å²) in [5, 5.41) is 2.57. The Hall–Kier alpha value is -1.13. The summed E-state index contributed by atoms with van der Waals surface area (Å²) in [6, 6.07) is 1.85. The largest absolute Gasteiger partial charge is 0.383 e. The van der Waals surface area contributed by atoms with E-state index in [0.717, 1.165) is 22.6 Å². The molecule has 0 aliphatic heterocycles. The Morgan fingerprint density at radius 3 is 2.69 bits per heavy atom. The molecule has 0 aliphatic carbocycles. The summed E-state index contributed by atoms with van der Waals surface area (Å²) in [6.07, 6.45) is 0.850. The number of nitrogen functional groups attached to an aromatic ring is 1. The fourth-order valence-electron chi connectivity index (χ4n) is 1.60. The van der Waals surface area contributed by atoms with E-state index in [1.54, 1.807) is 0 Å². The maximum absolute atomic E-state index is 5.90. The minimum absolute atomic E-state index is 0.564. The zero-order valence-electron chi connectivity index (χ0n) is 9.12. The van der Waals surface area contributed by atoms with Gasteiger partial charge in [-0.15, -0.1) is 11.3 Å². The summed E-state index contributed by atoms with van der Waals surface area (Å²) >= 11 is 7.39. The van der Waals surface area contributed by atoms with Crippen molar-refractivity contribution in [1.29, 1.82) is 0 Å². The van der Waals surface area contributed by atoms with Crippen LogP contribution in [0.15, 0.2) is 11.4 Å². The van der Waals surface area contributed by atoms with Crippen LogP contribution in [0.3, 0.4) is 0 Å². The van der Waals surface area contributed by atoms with Gasteiger partial charge < -0.3 is 5.73 Å². The number of aryl methyl sites for hydroxylation is 1. The molecule has 2 aromatic rings. The van der Waals surface area contributed by atoms with Crippen molar-refractivity contribution in [1.82, 2.24) is 9.97 Å². The molecule has 3 nitrogen and oxygen atoms in total. The summed E-state index contributed by atoms with van der Waals surface area (Å²) in [4.78, 5) is 9.70. The molecule has 2 rings (SSSR count). The molecule has 0 bridgehead atoms. The van der Waals surface area contributed by atoms with Gasteiger partial charge in [-0.2, -0.15) is 0 Å². The molecule has 2 heterocycles. The number of anilines is 1. The van der Waals surface area contributed by atoms with Crippen molar-refractivity contribution in [2.24, 2.45) is 0 Å². The van der Waals surface area contributed by atoms with Crippen LogP contribution in [0.2, 0.25) is 5.02 Å². The fraction of sp³-hybridized carbons (Fsp3) is 0.273. The maximum atomic E-state index is 5.90. The molecule has 0 aliphatic rings. The number of hydrogen-bond donors (Lipinski definition) is 1. The zero-order valence-corrected chi connectivity index (χ0v) is 10.7. The summed E-state index contributed by atoms with van der Waals surface area (Å²) in [5.41, 5.74) is 7.86. The van der Waals surface area contributed by atoms with Crippen LogP contribution in [0.25, 0.3) is 10.7 Å². The van der Waals surface area contributed by atoms with E-state index in [0.29, 0.717) is 16.7 Å². The van der Waals surface area contributed by atoms with Gasteiger partial charge >= 0.3 is 0 Å². The summed E-state index contributed by atoms with van der Waals surface area (Å²) in [5.74, 6) is 1.22. The average Bonchev–Trinajstić information content (AvgIpc) is 2.64. The van der Waals surface area contributed by atoms with Crippen LogP contribution in [-0.4, -0.2) is 9.97 Å². The molecule has 0 radical (unpaired) electrons. The highest BCUT2D eigenvalue weighted by Gasteiger charge is 2.10. The van der Waals surface area contributed by atoms with E-state index in [9.17, 15) is 0 Å². The highest BCUT2D eigenvalue weighted by molar-refractivity contribution is 7.14. The normalized spacial score (nSPS) is 10.7. The first-order valence-corrected chi connectivity index (χ1v) is 6.25. The van der Waals surface area contributed by atoms with Crippen molar-refractivity contribution in [3.8, 4) is 10.7 Å². The molecule has 2 aromatic heterocycles. The lowest BCUT2D eigenvalue weighted by molar-refractivity contribution is 1.01. The van der Waals surface area contributed by atoms with E-state index in [1.807, 2.05) is 25.3 Å². The number of nitrogens with zero attached hydrogens (tertiary/aromatic N) is 2. The van der Waals surface area contributed by atoms with E-state index in [4.69, 9.17) is 17.3 Å². The lowest BCUT2D eigenvalue weighted by Crippen LogP contribution is -2.03. The van der Waals surface area contributed by atoms with Crippen LogP contribution in [-0.2, 0) is 6.42 Å². The molecule has 0 atom stereocenters. The van der Waals surface area contributed by atoms with Crippen molar-refractivity contribution >= 4 is 28.8 Å². The lowest BCUT2D eigenvalue weighted by atomic mass is 10.1. The van der Waals surface area contributed by atoms with Crippen molar-refractivity contribution in [3.63, 3.8) is 0 Å². The van der Waals surface area contributed by atoms with Crippen LogP contribution in [0.1, 0.15) is 18.2 Å². The number of rotatable bonds is 2. The summed E-state index contributed by atoms with van der Waals surface area (Å²) in [7, 11) is 0. The Morgan fingerprint density at radius 1 is 1.44 bits per heavy atom. The van der Waals surface area contributed by atoms with Gasteiger partial charge in [-0.1, -0.05) is 18.5 Å². The van der Waals surface area contributed by atoms with Gasteiger partial charge in [-0.05, 0) is 19.4 Å². The van der Waals surface area contributed by atoms with Crippen molar-refractivity contribution in [3.05, 3.63) is 27.7 Å². The number of halogens is 1. The van der Waals surface area contributed by atoms with Gasteiger partial charge in [-0.3, -0.25) is 0 Å². The molecule has 0 fully saturated rings.